The molecule has 0 bridgehead atoms. The van der Waals surface area contributed by atoms with Gasteiger partial charge >= 0.3 is 0 Å². The predicted molar refractivity (Wildman–Crippen MR) is 61.2 cm³/mol. The molecule has 0 spiro atoms. The highest BCUT2D eigenvalue weighted by Gasteiger charge is 2.20. The van der Waals surface area contributed by atoms with E-state index in [1.165, 1.54) is 0 Å². The lowest BCUT2D eigenvalue weighted by Crippen LogP contribution is -2.03. The first-order chi connectivity index (χ1) is 7.61. The molecule has 84 valence electrons. The number of nitrogens with zero attached hydrogens (tertiary/aromatic N) is 1. The number of aryl methyl sites for hydroxylation is 3. The van der Waals surface area contributed by atoms with Gasteiger partial charge < -0.3 is 9.63 Å². The van der Waals surface area contributed by atoms with Crippen molar-refractivity contribution in [1.82, 2.24) is 5.16 Å². The Bertz CT molecular complexity index is 483. The lowest BCUT2D eigenvalue weighted by atomic mass is 9.96. The Labute approximate surface area is 94.7 Å². The summed E-state index contributed by atoms with van der Waals surface area (Å²) in [6, 6.07) is 7.78. The molecule has 1 aromatic carbocycles. The minimum absolute atomic E-state index is 0.660. The second-order valence-corrected chi connectivity index (χ2v) is 4.00. The number of hydrogen-bond acceptors (Lipinski definition) is 3. The summed E-state index contributed by atoms with van der Waals surface area (Å²) in [6.45, 7) is 5.64. The molecular weight excluding hydrogens is 202 g/mol. The average molecular weight is 217 g/mol. The van der Waals surface area contributed by atoms with Crippen molar-refractivity contribution in [2.24, 2.45) is 0 Å². The summed E-state index contributed by atoms with van der Waals surface area (Å²) in [5.74, 6) is 0.674. The van der Waals surface area contributed by atoms with Gasteiger partial charge in [0.05, 0.1) is 11.3 Å². The average Bonchev–Trinajstić information content (AvgIpc) is 2.58. The molecular formula is C13H15NO2. The first kappa shape index (κ1) is 10.9. The lowest BCUT2D eigenvalue weighted by Gasteiger charge is -2.13. The third kappa shape index (κ3) is 1.74. The van der Waals surface area contributed by atoms with E-state index in [0.717, 1.165) is 22.4 Å². The fraction of sp³-hybridized carbons (Fsp3) is 0.308. The first-order valence-electron chi connectivity index (χ1n) is 5.27. The summed E-state index contributed by atoms with van der Waals surface area (Å²) < 4.78 is 5.07. The number of hydrogen-bond donors (Lipinski definition) is 1. The Morgan fingerprint density at radius 2 is 1.88 bits per heavy atom. The number of rotatable bonds is 2. The molecule has 1 heterocycles. The third-order valence-electron chi connectivity index (χ3n) is 2.85. The van der Waals surface area contributed by atoms with E-state index in [9.17, 15) is 5.11 Å². The number of aliphatic hydroxyl groups excluding tert-OH is 1. The molecule has 2 aromatic rings. The van der Waals surface area contributed by atoms with Gasteiger partial charge in [-0.2, -0.15) is 0 Å². The van der Waals surface area contributed by atoms with Gasteiger partial charge in [-0.05, 0) is 31.9 Å². The monoisotopic (exact) mass is 217 g/mol. The van der Waals surface area contributed by atoms with Gasteiger partial charge in [-0.25, -0.2) is 0 Å². The van der Waals surface area contributed by atoms with Gasteiger partial charge in [0.15, 0.2) is 0 Å². The molecule has 2 rings (SSSR count). The summed E-state index contributed by atoms with van der Waals surface area (Å²) in [4.78, 5) is 0. The van der Waals surface area contributed by atoms with E-state index in [0.29, 0.717) is 5.76 Å². The molecule has 0 aliphatic rings. The van der Waals surface area contributed by atoms with E-state index in [4.69, 9.17) is 4.52 Å². The maximum atomic E-state index is 10.3. The molecule has 0 saturated carbocycles. The molecule has 1 aromatic heterocycles. The van der Waals surface area contributed by atoms with E-state index < -0.39 is 6.10 Å². The topological polar surface area (TPSA) is 46.3 Å². The summed E-state index contributed by atoms with van der Waals surface area (Å²) in [5, 5.41) is 14.2. The fourth-order valence-corrected chi connectivity index (χ4v) is 1.93. The van der Waals surface area contributed by atoms with Gasteiger partial charge in [0.2, 0.25) is 0 Å². The van der Waals surface area contributed by atoms with Crippen LogP contribution in [0.1, 0.15) is 34.2 Å². The first-order valence-corrected chi connectivity index (χ1v) is 5.27. The number of benzene rings is 1. The summed E-state index contributed by atoms with van der Waals surface area (Å²) >= 11 is 0. The van der Waals surface area contributed by atoms with Crippen molar-refractivity contribution in [2.45, 2.75) is 26.9 Å². The van der Waals surface area contributed by atoms with Crippen LogP contribution >= 0.6 is 0 Å². The van der Waals surface area contributed by atoms with Gasteiger partial charge in [0, 0.05) is 0 Å². The Hall–Kier alpha value is -1.61. The van der Waals surface area contributed by atoms with Gasteiger partial charge in [0.1, 0.15) is 11.9 Å². The van der Waals surface area contributed by atoms with E-state index in [1.807, 2.05) is 45.0 Å². The molecule has 3 heteroatoms. The zero-order valence-electron chi connectivity index (χ0n) is 9.69. The maximum Gasteiger partial charge on any atom is 0.140 e. The molecule has 1 N–H and O–H groups in total. The van der Waals surface area contributed by atoms with E-state index in [1.54, 1.807) is 0 Å². The molecule has 1 atom stereocenters. The van der Waals surface area contributed by atoms with Crippen LogP contribution in [0.5, 0.6) is 0 Å². The van der Waals surface area contributed by atoms with Crippen molar-refractivity contribution >= 4 is 0 Å². The zero-order valence-corrected chi connectivity index (χ0v) is 9.69. The second-order valence-electron chi connectivity index (χ2n) is 4.00. The Balaban J connectivity index is 2.47. The molecule has 0 amide bonds. The zero-order chi connectivity index (χ0) is 11.7. The molecule has 0 aliphatic heterocycles. The van der Waals surface area contributed by atoms with Crippen LogP contribution in [0.25, 0.3) is 0 Å². The normalized spacial score (nSPS) is 12.8. The van der Waals surface area contributed by atoms with E-state index >= 15 is 0 Å². The fourth-order valence-electron chi connectivity index (χ4n) is 1.93. The van der Waals surface area contributed by atoms with E-state index in [2.05, 4.69) is 5.16 Å². The lowest BCUT2D eigenvalue weighted by molar-refractivity contribution is 0.216. The van der Waals surface area contributed by atoms with Crippen LogP contribution < -0.4 is 0 Å². The quantitative estimate of drug-likeness (QED) is 0.841. The van der Waals surface area contributed by atoms with Crippen LogP contribution in [-0.4, -0.2) is 10.3 Å². The van der Waals surface area contributed by atoms with Crippen LogP contribution in [0, 0.1) is 20.8 Å². The van der Waals surface area contributed by atoms with Gasteiger partial charge in [0.25, 0.3) is 0 Å². The summed E-state index contributed by atoms with van der Waals surface area (Å²) in [6.07, 6.45) is -0.660. The SMILES string of the molecule is Cc1ccccc1[C@@H](O)c1c(C)noc1C. The number of aromatic nitrogens is 1. The van der Waals surface area contributed by atoms with Crippen LogP contribution in [-0.2, 0) is 0 Å². The highest BCUT2D eigenvalue weighted by atomic mass is 16.5. The highest BCUT2D eigenvalue weighted by Crippen LogP contribution is 2.28. The van der Waals surface area contributed by atoms with Crippen LogP contribution in [0.3, 0.4) is 0 Å². The van der Waals surface area contributed by atoms with Gasteiger partial charge in [-0.15, -0.1) is 0 Å². The number of aliphatic hydroxyl groups is 1. The standard InChI is InChI=1S/C13H15NO2/c1-8-6-4-5-7-11(8)13(15)12-9(2)14-16-10(12)3/h4-7,13,15H,1-3H3/t13-/m1/s1. The molecule has 0 fully saturated rings. The Morgan fingerprint density at radius 3 is 2.44 bits per heavy atom. The molecule has 0 saturated heterocycles. The predicted octanol–water partition coefficient (Wildman–Crippen LogP) is 2.68. The molecule has 0 radical (unpaired) electrons. The van der Waals surface area contributed by atoms with Crippen LogP contribution in [0.15, 0.2) is 28.8 Å². The van der Waals surface area contributed by atoms with Crippen molar-refractivity contribution in [2.75, 3.05) is 0 Å². The molecule has 3 nitrogen and oxygen atoms in total. The van der Waals surface area contributed by atoms with Crippen molar-refractivity contribution in [3.8, 4) is 0 Å². The molecule has 0 aliphatic carbocycles. The highest BCUT2D eigenvalue weighted by molar-refractivity contribution is 5.37. The largest absolute Gasteiger partial charge is 0.383 e. The molecule has 0 unspecified atom stereocenters. The Morgan fingerprint density at radius 1 is 1.19 bits per heavy atom. The van der Waals surface area contributed by atoms with Gasteiger partial charge in [-0.1, -0.05) is 29.4 Å². The summed E-state index contributed by atoms with van der Waals surface area (Å²) in [5.41, 5.74) is 3.48. The smallest absolute Gasteiger partial charge is 0.140 e. The van der Waals surface area contributed by atoms with E-state index in [-0.39, 0.29) is 0 Å². The van der Waals surface area contributed by atoms with Crippen molar-refractivity contribution < 1.29 is 9.63 Å². The third-order valence-corrected chi connectivity index (χ3v) is 2.85. The van der Waals surface area contributed by atoms with Crippen molar-refractivity contribution in [1.29, 1.82) is 0 Å². The summed E-state index contributed by atoms with van der Waals surface area (Å²) in [7, 11) is 0. The Kier molecular flexibility index (Phi) is 2.79. The minimum Gasteiger partial charge on any atom is -0.383 e. The van der Waals surface area contributed by atoms with Crippen molar-refractivity contribution in [3.63, 3.8) is 0 Å². The van der Waals surface area contributed by atoms with Crippen molar-refractivity contribution in [3.05, 3.63) is 52.4 Å². The van der Waals surface area contributed by atoms with Gasteiger partial charge in [-0.3, -0.25) is 0 Å². The minimum atomic E-state index is -0.660. The maximum absolute atomic E-state index is 10.3. The second kappa shape index (κ2) is 4.10. The van der Waals surface area contributed by atoms with Crippen LogP contribution in [0.2, 0.25) is 0 Å². The van der Waals surface area contributed by atoms with Crippen LogP contribution in [0.4, 0.5) is 0 Å². The molecule has 16 heavy (non-hydrogen) atoms.